The van der Waals surface area contributed by atoms with E-state index in [1.807, 2.05) is 30.0 Å². The van der Waals surface area contributed by atoms with Crippen molar-refractivity contribution in [3.63, 3.8) is 0 Å². The molecule has 0 amide bonds. The Bertz CT molecular complexity index is 1160. The number of nitrogens with two attached hydrogens (primary N) is 1. The zero-order valence-corrected chi connectivity index (χ0v) is 18.0. The number of hydrogen-bond acceptors (Lipinski definition) is 8. The summed E-state index contributed by atoms with van der Waals surface area (Å²) in [5, 5.41) is 23.4. The fraction of sp³-hybridized carbons (Fsp3) is 0.286. The summed E-state index contributed by atoms with van der Waals surface area (Å²) < 4.78 is 0. The predicted octanol–water partition coefficient (Wildman–Crippen LogP) is 2.83. The van der Waals surface area contributed by atoms with Gasteiger partial charge in [-0.15, -0.1) is 11.3 Å². The van der Waals surface area contributed by atoms with Crippen LogP contribution in [0.25, 0.3) is 0 Å². The van der Waals surface area contributed by atoms with E-state index in [1.165, 1.54) is 17.5 Å². The first-order valence-electron chi connectivity index (χ1n) is 9.20. The first kappa shape index (κ1) is 20.6. The monoisotopic (exact) mass is 441 g/mol. The lowest BCUT2D eigenvalue weighted by Gasteiger charge is -2.24. The average molecular weight is 442 g/mol. The highest BCUT2D eigenvalue weighted by Crippen LogP contribution is 2.45. The van der Waals surface area contributed by atoms with E-state index in [1.54, 1.807) is 18.5 Å². The van der Waals surface area contributed by atoms with Gasteiger partial charge in [-0.2, -0.15) is 4.98 Å². The summed E-state index contributed by atoms with van der Waals surface area (Å²) in [4.78, 5) is 14.3. The summed E-state index contributed by atoms with van der Waals surface area (Å²) in [6.45, 7) is 4.02. The lowest BCUT2D eigenvalue weighted by molar-refractivity contribution is 0.122. The largest absolute Gasteiger partial charge is 0.395 e. The van der Waals surface area contributed by atoms with Gasteiger partial charge in [0.2, 0.25) is 5.95 Å². The number of anilines is 3. The summed E-state index contributed by atoms with van der Waals surface area (Å²) in [7, 11) is 0. The number of rotatable bonds is 3. The molecule has 1 aliphatic rings. The fourth-order valence-corrected chi connectivity index (χ4v) is 4.30. The SMILES string of the molecule is C[C@@]1(CO)CN(c2nc(N)ncc2Cl)c2cc(C#C[C@](C)(O)c3nccs3)ccc21. The Kier molecular flexibility index (Phi) is 5.16. The van der Waals surface area contributed by atoms with Crippen molar-refractivity contribution in [2.24, 2.45) is 0 Å². The van der Waals surface area contributed by atoms with E-state index in [-0.39, 0.29) is 12.6 Å². The predicted molar refractivity (Wildman–Crippen MR) is 118 cm³/mol. The van der Waals surface area contributed by atoms with E-state index < -0.39 is 11.0 Å². The maximum atomic E-state index is 10.6. The third kappa shape index (κ3) is 3.61. The van der Waals surface area contributed by atoms with Crippen molar-refractivity contribution in [2.45, 2.75) is 24.9 Å². The third-order valence-corrected chi connectivity index (χ3v) is 6.34. The van der Waals surface area contributed by atoms with Crippen LogP contribution in [0.1, 0.15) is 30.0 Å². The lowest BCUT2D eigenvalue weighted by atomic mass is 9.85. The maximum absolute atomic E-state index is 10.6. The number of benzene rings is 1. The second-order valence-corrected chi connectivity index (χ2v) is 8.90. The van der Waals surface area contributed by atoms with E-state index in [2.05, 4.69) is 26.8 Å². The quantitative estimate of drug-likeness (QED) is 0.536. The Morgan fingerprint density at radius 3 is 2.90 bits per heavy atom. The van der Waals surface area contributed by atoms with Gasteiger partial charge in [-0.1, -0.05) is 36.4 Å². The van der Waals surface area contributed by atoms with Gasteiger partial charge in [0, 0.05) is 34.8 Å². The summed E-state index contributed by atoms with van der Waals surface area (Å²) in [5.41, 5.74) is 6.41. The van der Waals surface area contributed by atoms with Crippen LogP contribution in [0.4, 0.5) is 17.5 Å². The van der Waals surface area contributed by atoms with Crippen molar-refractivity contribution in [1.29, 1.82) is 0 Å². The molecule has 4 rings (SSSR count). The highest BCUT2D eigenvalue weighted by Gasteiger charge is 2.40. The minimum atomic E-state index is -1.35. The topological polar surface area (TPSA) is 108 Å². The van der Waals surface area contributed by atoms with Crippen molar-refractivity contribution in [3.8, 4) is 11.8 Å². The molecule has 0 unspecified atom stereocenters. The molecule has 2 atom stereocenters. The Morgan fingerprint density at radius 1 is 1.40 bits per heavy atom. The van der Waals surface area contributed by atoms with Crippen molar-refractivity contribution in [1.82, 2.24) is 15.0 Å². The van der Waals surface area contributed by atoms with Gasteiger partial charge >= 0.3 is 0 Å². The van der Waals surface area contributed by atoms with Crippen molar-refractivity contribution >= 4 is 40.4 Å². The van der Waals surface area contributed by atoms with Gasteiger partial charge in [0.25, 0.3) is 0 Å². The molecule has 4 N–H and O–H groups in total. The minimum Gasteiger partial charge on any atom is -0.395 e. The van der Waals surface area contributed by atoms with Crippen molar-refractivity contribution < 1.29 is 10.2 Å². The Morgan fingerprint density at radius 2 is 2.20 bits per heavy atom. The molecule has 1 aromatic carbocycles. The summed E-state index contributed by atoms with van der Waals surface area (Å²) in [5.74, 6) is 6.52. The molecule has 3 heterocycles. The van der Waals surface area contributed by atoms with Gasteiger partial charge in [0.05, 0.1) is 12.8 Å². The molecule has 0 radical (unpaired) electrons. The molecule has 3 aromatic rings. The molecule has 0 fully saturated rings. The van der Waals surface area contributed by atoms with Crippen LogP contribution in [0.5, 0.6) is 0 Å². The minimum absolute atomic E-state index is 0.0432. The van der Waals surface area contributed by atoms with Crippen LogP contribution in [0.15, 0.2) is 36.0 Å². The Balaban J connectivity index is 1.78. The number of halogens is 1. The van der Waals surface area contributed by atoms with E-state index in [4.69, 9.17) is 17.3 Å². The first-order valence-corrected chi connectivity index (χ1v) is 10.5. The van der Waals surface area contributed by atoms with Crippen LogP contribution in [0.3, 0.4) is 0 Å². The third-order valence-electron chi connectivity index (χ3n) is 5.09. The molecule has 2 aromatic heterocycles. The standard InChI is InChI=1S/C21H20ClN5O2S/c1-20(12-28)11-27(17-15(22)10-25-19(23)26-17)16-9-13(3-4-14(16)20)5-6-21(2,29)18-24-7-8-30-18/h3-4,7-10,28-29H,11-12H2,1-2H3,(H2,23,25,26)/t20-,21-/m0/s1. The van der Waals surface area contributed by atoms with Gasteiger partial charge in [-0.25, -0.2) is 9.97 Å². The van der Waals surface area contributed by atoms with E-state index >= 15 is 0 Å². The van der Waals surface area contributed by atoms with Gasteiger partial charge in [-0.05, 0) is 24.6 Å². The number of aliphatic hydroxyl groups excluding tert-OH is 1. The number of aliphatic hydroxyl groups is 2. The molecular weight excluding hydrogens is 422 g/mol. The van der Waals surface area contributed by atoms with Gasteiger partial charge < -0.3 is 20.8 Å². The van der Waals surface area contributed by atoms with Crippen molar-refractivity contribution in [2.75, 3.05) is 23.8 Å². The maximum Gasteiger partial charge on any atom is 0.222 e. The van der Waals surface area contributed by atoms with Crippen LogP contribution < -0.4 is 10.6 Å². The Labute approximate surface area is 183 Å². The fourth-order valence-electron chi connectivity index (χ4n) is 3.46. The van der Waals surface area contributed by atoms with Gasteiger partial charge in [0.1, 0.15) is 10.0 Å². The number of hydrogen-bond donors (Lipinski definition) is 3. The normalized spacial score (nSPS) is 19.7. The summed E-state index contributed by atoms with van der Waals surface area (Å²) >= 11 is 7.69. The van der Waals surface area contributed by atoms with Crippen LogP contribution in [0.2, 0.25) is 5.02 Å². The number of nitrogen functional groups attached to an aromatic ring is 1. The van der Waals surface area contributed by atoms with Crippen LogP contribution in [-0.4, -0.2) is 38.3 Å². The molecular formula is C21H20ClN5O2S. The number of aromatic nitrogens is 3. The molecule has 0 aliphatic carbocycles. The van der Waals surface area contributed by atoms with Crippen LogP contribution >= 0.6 is 22.9 Å². The van der Waals surface area contributed by atoms with Crippen LogP contribution in [-0.2, 0) is 11.0 Å². The Hall–Kier alpha value is -2.70. The van der Waals surface area contributed by atoms with Crippen LogP contribution in [0, 0.1) is 11.8 Å². The number of fused-ring (bicyclic) bond motifs is 1. The smallest absolute Gasteiger partial charge is 0.222 e. The zero-order chi connectivity index (χ0) is 21.5. The molecule has 7 nitrogen and oxygen atoms in total. The lowest BCUT2D eigenvalue weighted by Crippen LogP contribution is -2.32. The summed E-state index contributed by atoms with van der Waals surface area (Å²) in [6.07, 6.45) is 3.10. The molecule has 9 heteroatoms. The molecule has 1 aliphatic heterocycles. The van der Waals surface area contributed by atoms with Gasteiger partial charge in [-0.3, -0.25) is 0 Å². The molecule has 0 saturated carbocycles. The van der Waals surface area contributed by atoms with E-state index in [0.717, 1.165) is 11.3 Å². The second-order valence-electron chi connectivity index (χ2n) is 7.60. The molecule has 30 heavy (non-hydrogen) atoms. The highest BCUT2D eigenvalue weighted by atomic mass is 35.5. The molecule has 0 spiro atoms. The first-order chi connectivity index (χ1) is 14.2. The number of nitrogens with zero attached hydrogens (tertiary/aromatic N) is 4. The van der Waals surface area contributed by atoms with Crippen molar-refractivity contribution in [3.05, 3.63) is 57.1 Å². The number of thiazole rings is 1. The molecule has 154 valence electrons. The van der Waals surface area contributed by atoms with E-state index in [0.29, 0.717) is 28.0 Å². The average Bonchev–Trinajstić information content (AvgIpc) is 3.36. The molecule has 0 bridgehead atoms. The second kappa shape index (κ2) is 7.52. The zero-order valence-electron chi connectivity index (χ0n) is 16.4. The molecule has 0 saturated heterocycles. The van der Waals surface area contributed by atoms with E-state index in [9.17, 15) is 10.2 Å². The highest BCUT2D eigenvalue weighted by molar-refractivity contribution is 7.09. The summed E-state index contributed by atoms with van der Waals surface area (Å²) in [6, 6.07) is 5.71. The van der Waals surface area contributed by atoms with Gasteiger partial charge in [0.15, 0.2) is 11.4 Å².